The van der Waals surface area contributed by atoms with E-state index in [9.17, 15) is 30.0 Å². The highest BCUT2D eigenvalue weighted by Crippen LogP contribution is 2.39. The Balaban J connectivity index is 0.000000195. The number of aromatic hydroxyl groups is 4. The van der Waals surface area contributed by atoms with Gasteiger partial charge in [-0.2, -0.15) is 10.2 Å². The number of nitrogens with one attached hydrogen (secondary N) is 2. The molecule has 312 valence electrons. The smallest absolute Gasteiger partial charge is 0.348 e. The van der Waals surface area contributed by atoms with Crippen molar-refractivity contribution in [1.29, 1.82) is 0 Å². The minimum absolute atomic E-state index is 0. The number of morpholine rings is 2. The van der Waals surface area contributed by atoms with E-state index < -0.39 is 11.4 Å². The molecule has 4 aromatic carbocycles. The molecule has 0 aliphatic carbocycles. The molecule has 4 heterocycles. The van der Waals surface area contributed by atoms with Crippen molar-refractivity contribution in [1.82, 2.24) is 29.5 Å². The molecular formula is C43H52N8O8. The summed E-state index contributed by atoms with van der Waals surface area (Å²) in [5.41, 5.74) is 4.67. The summed E-state index contributed by atoms with van der Waals surface area (Å²) in [6, 6.07) is 21.2. The minimum atomic E-state index is -0.405. The lowest BCUT2D eigenvalue weighted by Crippen LogP contribution is -2.36. The first-order valence-corrected chi connectivity index (χ1v) is 19.2. The number of hydrogen-bond acceptors (Lipinski definition) is 12. The summed E-state index contributed by atoms with van der Waals surface area (Å²) in [6.45, 7) is 13.9. The molecule has 16 heteroatoms. The van der Waals surface area contributed by atoms with E-state index in [-0.39, 0.29) is 53.9 Å². The fourth-order valence-electron chi connectivity index (χ4n) is 7.17. The van der Waals surface area contributed by atoms with E-state index in [4.69, 9.17) is 9.47 Å². The van der Waals surface area contributed by atoms with E-state index in [1.54, 1.807) is 12.1 Å². The van der Waals surface area contributed by atoms with Crippen LogP contribution < -0.4 is 21.2 Å². The van der Waals surface area contributed by atoms with Gasteiger partial charge in [-0.25, -0.2) is 28.9 Å². The molecule has 8 rings (SSSR count). The Bertz CT molecular complexity index is 2300. The summed E-state index contributed by atoms with van der Waals surface area (Å²) in [5, 5.41) is 54.2. The molecule has 0 radical (unpaired) electrons. The number of aromatic nitrogens is 6. The van der Waals surface area contributed by atoms with Gasteiger partial charge in [-0.05, 0) is 83.6 Å². The number of hydrogen-bond donors (Lipinski definition) is 6. The van der Waals surface area contributed by atoms with Gasteiger partial charge >= 0.3 is 11.4 Å². The lowest BCUT2D eigenvalue weighted by atomic mass is 9.98. The highest BCUT2D eigenvalue weighted by Gasteiger charge is 2.22. The largest absolute Gasteiger partial charge is 0.508 e. The number of phenols is 4. The molecule has 2 aliphatic heterocycles. The van der Waals surface area contributed by atoms with Crippen LogP contribution in [0.3, 0.4) is 0 Å². The van der Waals surface area contributed by atoms with E-state index in [1.807, 2.05) is 76.2 Å². The molecule has 6 aromatic rings. The molecule has 2 fully saturated rings. The van der Waals surface area contributed by atoms with Crippen LogP contribution >= 0.6 is 0 Å². The van der Waals surface area contributed by atoms with Gasteiger partial charge in [-0.3, -0.25) is 0 Å². The second-order valence-electron chi connectivity index (χ2n) is 14.8. The van der Waals surface area contributed by atoms with Crippen molar-refractivity contribution in [2.45, 2.75) is 47.0 Å². The fraction of sp³-hybridized carbons (Fsp3) is 0.349. The van der Waals surface area contributed by atoms with Crippen molar-refractivity contribution in [3.8, 4) is 57.1 Å². The van der Waals surface area contributed by atoms with Gasteiger partial charge in [0.15, 0.2) is 11.6 Å². The first kappa shape index (κ1) is 42.1. The minimum Gasteiger partial charge on any atom is -0.508 e. The molecule has 0 amide bonds. The SMILES string of the molecule is C.CC(C)c1cc(-c2n[nH]c(=O)n2-c2ccc(N3CCOCC3)cc2)c(O)cc1O.CC(C)c1cc(-c2n[nH]c(=O)n2-c2ccc(N3CCOCC3)cc2)c(O)cc1O. The molecule has 0 saturated carbocycles. The second-order valence-corrected chi connectivity index (χ2v) is 14.8. The van der Waals surface area contributed by atoms with Crippen LogP contribution in [-0.2, 0) is 9.47 Å². The predicted molar refractivity (Wildman–Crippen MR) is 227 cm³/mol. The summed E-state index contributed by atoms with van der Waals surface area (Å²) in [7, 11) is 0. The summed E-state index contributed by atoms with van der Waals surface area (Å²) in [6.07, 6.45) is 0. The Kier molecular flexibility index (Phi) is 12.8. The summed E-state index contributed by atoms with van der Waals surface area (Å²) < 4.78 is 13.6. The number of rotatable bonds is 8. The van der Waals surface area contributed by atoms with E-state index in [0.29, 0.717) is 60.1 Å². The van der Waals surface area contributed by atoms with E-state index >= 15 is 0 Å². The third-order valence-corrected chi connectivity index (χ3v) is 10.3. The maximum Gasteiger partial charge on any atom is 0.348 e. The molecule has 0 spiro atoms. The van der Waals surface area contributed by atoms with Gasteiger partial charge in [0.1, 0.15) is 23.0 Å². The van der Waals surface area contributed by atoms with Crippen molar-refractivity contribution in [3.63, 3.8) is 0 Å². The Morgan fingerprint density at radius 1 is 0.525 bits per heavy atom. The Morgan fingerprint density at radius 3 is 1.17 bits per heavy atom. The first-order chi connectivity index (χ1) is 27.9. The number of phenolic OH excluding ortho intramolecular Hbond substituents is 4. The topological polar surface area (TPSA) is 207 Å². The molecule has 16 nitrogen and oxygen atoms in total. The monoisotopic (exact) mass is 808 g/mol. The Morgan fingerprint density at radius 2 is 0.847 bits per heavy atom. The van der Waals surface area contributed by atoms with Gasteiger partial charge in [-0.1, -0.05) is 35.1 Å². The van der Waals surface area contributed by atoms with E-state index in [1.165, 1.54) is 21.3 Å². The number of anilines is 2. The zero-order valence-corrected chi connectivity index (χ0v) is 32.8. The average Bonchev–Trinajstić information content (AvgIpc) is 3.80. The maximum absolute atomic E-state index is 12.5. The van der Waals surface area contributed by atoms with Gasteiger partial charge in [0.25, 0.3) is 0 Å². The van der Waals surface area contributed by atoms with Crippen molar-refractivity contribution >= 4 is 11.4 Å². The first-order valence-electron chi connectivity index (χ1n) is 19.2. The van der Waals surface area contributed by atoms with Crippen molar-refractivity contribution < 1.29 is 29.9 Å². The normalized spacial score (nSPS) is 14.3. The van der Waals surface area contributed by atoms with Crippen molar-refractivity contribution in [2.24, 2.45) is 0 Å². The number of nitrogens with zero attached hydrogens (tertiary/aromatic N) is 6. The quantitative estimate of drug-likeness (QED) is 0.107. The lowest BCUT2D eigenvalue weighted by molar-refractivity contribution is 0.122. The molecule has 2 aromatic heterocycles. The van der Waals surface area contributed by atoms with Gasteiger partial charge < -0.3 is 39.7 Å². The number of benzene rings is 4. The van der Waals surface area contributed by atoms with Crippen LogP contribution in [0.2, 0.25) is 0 Å². The summed E-state index contributed by atoms with van der Waals surface area (Å²) >= 11 is 0. The van der Waals surface area contributed by atoms with Crippen LogP contribution in [0.4, 0.5) is 11.4 Å². The second kappa shape index (κ2) is 18.0. The van der Waals surface area contributed by atoms with Gasteiger partial charge in [0.2, 0.25) is 0 Å². The third kappa shape index (κ3) is 8.83. The van der Waals surface area contributed by atoms with Crippen LogP contribution in [0.1, 0.15) is 58.1 Å². The zero-order chi connectivity index (χ0) is 41.1. The molecule has 2 saturated heterocycles. The molecule has 2 aliphatic rings. The van der Waals surface area contributed by atoms with E-state index in [0.717, 1.165) is 37.6 Å². The standard InChI is InChI=1S/2C21H24N4O4.CH4/c2*1-13(2)16-11-17(19(27)12-18(16)26)20-22-23-21(28)25(20)15-5-3-14(4-6-15)24-7-9-29-10-8-24;/h2*3-6,11-13,26-27H,7-10H2,1-2H3,(H,23,28);1H4. The predicted octanol–water partition coefficient (Wildman–Crippen LogP) is 5.83. The molecule has 0 atom stereocenters. The molecule has 59 heavy (non-hydrogen) atoms. The van der Waals surface area contributed by atoms with Crippen LogP contribution in [0.5, 0.6) is 23.0 Å². The van der Waals surface area contributed by atoms with Crippen LogP contribution in [0.15, 0.2) is 82.4 Å². The summed E-state index contributed by atoms with van der Waals surface area (Å²) in [4.78, 5) is 29.4. The van der Waals surface area contributed by atoms with Gasteiger partial charge in [0, 0.05) is 49.7 Å². The van der Waals surface area contributed by atoms with Gasteiger partial charge in [-0.15, -0.1) is 0 Å². The highest BCUT2D eigenvalue weighted by atomic mass is 16.5. The third-order valence-electron chi connectivity index (χ3n) is 10.3. The van der Waals surface area contributed by atoms with E-state index in [2.05, 4.69) is 30.2 Å². The Labute approximate surface area is 341 Å². The number of H-pyrrole nitrogens is 2. The van der Waals surface area contributed by atoms with Crippen molar-refractivity contribution in [3.05, 3.63) is 105 Å². The van der Waals surface area contributed by atoms with Gasteiger partial charge in [0.05, 0.1) is 48.9 Å². The summed E-state index contributed by atoms with van der Waals surface area (Å²) in [5.74, 6) is 0.403. The van der Waals surface area contributed by atoms with Crippen LogP contribution in [0.25, 0.3) is 34.2 Å². The maximum atomic E-state index is 12.5. The molecule has 6 N–H and O–H groups in total. The molecule has 0 bridgehead atoms. The molecule has 0 unspecified atom stereocenters. The fourth-order valence-corrected chi connectivity index (χ4v) is 7.17. The van der Waals surface area contributed by atoms with Crippen LogP contribution in [0, 0.1) is 0 Å². The van der Waals surface area contributed by atoms with Crippen molar-refractivity contribution in [2.75, 3.05) is 62.4 Å². The Hall–Kier alpha value is -6.52. The van der Waals surface area contributed by atoms with Crippen LogP contribution in [-0.4, -0.2) is 103 Å². The average molecular weight is 809 g/mol. The number of aromatic amines is 2. The highest BCUT2D eigenvalue weighted by molar-refractivity contribution is 5.70. The molecular weight excluding hydrogens is 757 g/mol. The zero-order valence-electron chi connectivity index (χ0n) is 32.8. The lowest BCUT2D eigenvalue weighted by Gasteiger charge is -2.28. The number of ether oxygens (including phenoxy) is 2.